The van der Waals surface area contributed by atoms with Gasteiger partial charge < -0.3 is 14.6 Å². The summed E-state index contributed by atoms with van der Waals surface area (Å²) >= 11 is 0. The van der Waals surface area contributed by atoms with Crippen LogP contribution in [-0.2, 0) is 21.3 Å². The van der Waals surface area contributed by atoms with Gasteiger partial charge in [0.1, 0.15) is 7.05 Å². The third kappa shape index (κ3) is 4.76. The summed E-state index contributed by atoms with van der Waals surface area (Å²) in [5.74, 6) is -1.35. The fourth-order valence-corrected chi connectivity index (χ4v) is 1.44. The van der Waals surface area contributed by atoms with E-state index in [4.69, 9.17) is 9.47 Å². The third-order valence-electron chi connectivity index (χ3n) is 2.44. The van der Waals surface area contributed by atoms with Crippen LogP contribution in [-0.4, -0.2) is 19.2 Å². The van der Waals surface area contributed by atoms with Crippen LogP contribution in [0, 0.1) is 0 Å². The summed E-state index contributed by atoms with van der Waals surface area (Å²) in [6, 6.07) is 3.73. The first-order valence-corrected chi connectivity index (χ1v) is 6.43. The van der Waals surface area contributed by atoms with Gasteiger partial charge in [-0.05, 0) is 25.2 Å². The first-order valence-electron chi connectivity index (χ1n) is 6.43. The molecule has 0 amide bonds. The molecule has 0 aliphatic heterocycles. The van der Waals surface area contributed by atoms with Crippen molar-refractivity contribution in [2.75, 3.05) is 13.2 Å². The molecule has 0 radical (unpaired) electrons. The van der Waals surface area contributed by atoms with Crippen molar-refractivity contribution in [1.82, 2.24) is 0 Å². The van der Waals surface area contributed by atoms with Crippen molar-refractivity contribution in [3.63, 3.8) is 0 Å². The second-order valence-corrected chi connectivity index (χ2v) is 3.98. The van der Waals surface area contributed by atoms with Gasteiger partial charge in [-0.3, -0.25) is 0 Å². The Morgan fingerprint density at radius 1 is 1.25 bits per heavy atom. The average molecular weight is 277 g/mol. The zero-order valence-corrected chi connectivity index (χ0v) is 12.0. The molecule has 1 rings (SSSR count). The Hall–Kier alpha value is -2.30. The van der Waals surface area contributed by atoms with E-state index in [1.807, 2.05) is 36.1 Å². The highest BCUT2D eigenvalue weighted by molar-refractivity contribution is 5.93. The Balaban J connectivity index is 2.97. The van der Waals surface area contributed by atoms with E-state index in [9.17, 15) is 9.90 Å². The number of aromatic nitrogens is 1. The molecule has 5 nitrogen and oxygen atoms in total. The number of nitrogens with zero attached hydrogens (tertiary/aromatic N) is 1. The maximum absolute atomic E-state index is 11.7. The van der Waals surface area contributed by atoms with Crippen molar-refractivity contribution < 1.29 is 23.9 Å². The molecular weight excluding hydrogens is 258 g/mol. The summed E-state index contributed by atoms with van der Waals surface area (Å²) in [5, 5.41) is 11.7. The molecule has 0 aliphatic carbocycles. The molecule has 0 saturated heterocycles. The van der Waals surface area contributed by atoms with Crippen LogP contribution in [0.3, 0.4) is 0 Å². The number of carbonyl (C=O) groups is 1. The zero-order chi connectivity index (χ0) is 15.0. The molecule has 20 heavy (non-hydrogen) atoms. The van der Waals surface area contributed by atoms with E-state index >= 15 is 0 Å². The summed E-state index contributed by atoms with van der Waals surface area (Å²) in [5.41, 5.74) is 0.760. The van der Waals surface area contributed by atoms with Crippen LogP contribution in [0.15, 0.2) is 42.1 Å². The Morgan fingerprint density at radius 2 is 1.85 bits per heavy atom. The molecule has 5 heteroatoms. The highest BCUT2D eigenvalue weighted by Gasteiger charge is 2.09. The van der Waals surface area contributed by atoms with Gasteiger partial charge in [-0.1, -0.05) is 13.0 Å². The summed E-state index contributed by atoms with van der Waals surface area (Å²) in [4.78, 5) is 11.7. The quantitative estimate of drug-likeness (QED) is 0.252. The van der Waals surface area contributed by atoms with Gasteiger partial charge in [0.05, 0.1) is 18.1 Å². The van der Waals surface area contributed by atoms with Crippen molar-refractivity contribution in [1.29, 1.82) is 0 Å². The zero-order valence-electron chi connectivity index (χ0n) is 12.0. The SMILES string of the molecule is CCOC(=O)/C(C=Cc1cc[n+](C)cc1)=C(/[O-])OCC. The largest absolute Gasteiger partial charge is 0.613 e. The van der Waals surface area contributed by atoms with Crippen LogP contribution >= 0.6 is 0 Å². The predicted octanol–water partition coefficient (Wildman–Crippen LogP) is 0.696. The van der Waals surface area contributed by atoms with Crippen LogP contribution in [0.5, 0.6) is 0 Å². The molecule has 0 aliphatic rings. The van der Waals surface area contributed by atoms with Gasteiger partial charge in [-0.25, -0.2) is 9.36 Å². The van der Waals surface area contributed by atoms with Crippen molar-refractivity contribution in [2.24, 2.45) is 7.05 Å². The number of pyridine rings is 1. The lowest BCUT2D eigenvalue weighted by Crippen LogP contribution is -2.25. The summed E-state index contributed by atoms with van der Waals surface area (Å²) in [6.07, 6.45) is 6.83. The molecule has 1 heterocycles. The Morgan fingerprint density at radius 3 is 2.40 bits per heavy atom. The van der Waals surface area contributed by atoms with E-state index in [-0.39, 0.29) is 18.8 Å². The minimum absolute atomic E-state index is 0.109. The standard InChI is InChI=1S/C15H19NO4/c1-4-19-14(17)13(15(18)20-5-2)7-6-12-8-10-16(3)11-9-12/h6-11H,4-5H2,1-3H3. The van der Waals surface area contributed by atoms with Crippen molar-refractivity contribution in [2.45, 2.75) is 13.8 Å². The maximum atomic E-state index is 11.7. The van der Waals surface area contributed by atoms with E-state index < -0.39 is 11.9 Å². The van der Waals surface area contributed by atoms with Crippen LogP contribution in [0.1, 0.15) is 19.4 Å². The lowest BCUT2D eigenvalue weighted by molar-refractivity contribution is -0.671. The molecule has 108 valence electrons. The molecule has 0 unspecified atom stereocenters. The number of aryl methyl sites for hydroxylation is 1. The van der Waals surface area contributed by atoms with Crippen molar-refractivity contribution in [3.05, 3.63) is 47.7 Å². The van der Waals surface area contributed by atoms with E-state index in [2.05, 4.69) is 0 Å². The second-order valence-electron chi connectivity index (χ2n) is 3.98. The molecular formula is C15H19NO4. The van der Waals surface area contributed by atoms with E-state index in [0.717, 1.165) is 5.56 Å². The van der Waals surface area contributed by atoms with Gasteiger partial charge in [0, 0.05) is 12.1 Å². The van der Waals surface area contributed by atoms with E-state index in [1.165, 1.54) is 6.08 Å². The molecule has 0 N–H and O–H groups in total. The molecule has 0 fully saturated rings. The Labute approximate surface area is 118 Å². The minimum Gasteiger partial charge on any atom is -0.613 e. The first kappa shape index (κ1) is 15.8. The number of ether oxygens (including phenoxy) is 2. The van der Waals surface area contributed by atoms with Gasteiger partial charge >= 0.3 is 5.97 Å². The van der Waals surface area contributed by atoms with Crippen LogP contribution in [0.2, 0.25) is 0 Å². The molecule has 1 aromatic rings. The van der Waals surface area contributed by atoms with Gasteiger partial charge in [0.25, 0.3) is 0 Å². The van der Waals surface area contributed by atoms with Crippen molar-refractivity contribution in [3.8, 4) is 0 Å². The summed E-state index contributed by atoms with van der Waals surface area (Å²) in [6.45, 7) is 3.77. The van der Waals surface area contributed by atoms with Gasteiger partial charge in [0.15, 0.2) is 12.4 Å². The lowest BCUT2D eigenvalue weighted by atomic mass is 10.2. The number of hydrogen-bond donors (Lipinski definition) is 0. The Bertz CT molecular complexity index is 503. The second kappa shape index (κ2) is 7.99. The third-order valence-corrected chi connectivity index (χ3v) is 2.44. The number of carbonyl (C=O) groups excluding carboxylic acids is 1. The summed E-state index contributed by atoms with van der Waals surface area (Å²) < 4.78 is 11.6. The minimum atomic E-state index is -0.677. The smallest absolute Gasteiger partial charge is 0.339 e. The molecule has 0 spiro atoms. The van der Waals surface area contributed by atoms with Crippen LogP contribution in [0.4, 0.5) is 0 Å². The van der Waals surface area contributed by atoms with Crippen LogP contribution < -0.4 is 9.67 Å². The molecule has 1 aromatic heterocycles. The number of esters is 1. The normalized spacial score (nSPS) is 12.2. The van der Waals surface area contributed by atoms with Crippen LogP contribution in [0.25, 0.3) is 6.08 Å². The van der Waals surface area contributed by atoms with Gasteiger partial charge in [-0.2, -0.15) is 0 Å². The molecule has 0 saturated carbocycles. The average Bonchev–Trinajstić information content (AvgIpc) is 2.42. The maximum Gasteiger partial charge on any atom is 0.339 e. The fraction of sp³-hybridized carbons (Fsp3) is 0.333. The van der Waals surface area contributed by atoms with E-state index in [0.29, 0.717) is 0 Å². The van der Waals surface area contributed by atoms with E-state index in [1.54, 1.807) is 19.9 Å². The number of hydrogen-bond acceptors (Lipinski definition) is 4. The highest BCUT2D eigenvalue weighted by Crippen LogP contribution is 2.09. The number of rotatable bonds is 6. The Kier molecular flexibility index (Phi) is 6.29. The topological polar surface area (TPSA) is 62.5 Å². The first-order chi connectivity index (χ1) is 9.58. The monoisotopic (exact) mass is 277 g/mol. The lowest BCUT2D eigenvalue weighted by Gasteiger charge is -2.15. The predicted molar refractivity (Wildman–Crippen MR) is 71.9 cm³/mol. The molecule has 0 atom stereocenters. The highest BCUT2D eigenvalue weighted by atomic mass is 16.6. The van der Waals surface area contributed by atoms with Gasteiger partial charge in [0.2, 0.25) is 0 Å². The fourth-order valence-electron chi connectivity index (χ4n) is 1.44. The van der Waals surface area contributed by atoms with Crippen molar-refractivity contribution >= 4 is 12.0 Å². The van der Waals surface area contributed by atoms with Gasteiger partial charge in [-0.15, -0.1) is 0 Å². The summed E-state index contributed by atoms with van der Waals surface area (Å²) in [7, 11) is 1.91. The molecule has 0 aromatic carbocycles. The molecule has 0 bridgehead atoms.